The number of nitrogens with zero attached hydrogens (tertiary/aromatic N) is 3. The number of pyridine rings is 1. The molecule has 1 N–H and O–H groups in total. The zero-order chi connectivity index (χ0) is 13.1. The standard InChI is InChI=1S/C11H15ClN4O2/c1-15(9-2-3-9)5-4-13-11-10(16(17)18)6-8(12)7-14-11/h6-7,9H,2-5H2,1H3,(H,13,14). The van der Waals surface area contributed by atoms with Crippen molar-refractivity contribution >= 4 is 23.1 Å². The lowest BCUT2D eigenvalue weighted by Crippen LogP contribution is -2.27. The van der Waals surface area contributed by atoms with E-state index >= 15 is 0 Å². The van der Waals surface area contributed by atoms with Crippen LogP contribution in [0.2, 0.25) is 5.02 Å². The molecule has 0 spiro atoms. The first-order valence-electron chi connectivity index (χ1n) is 5.82. The van der Waals surface area contributed by atoms with Crippen LogP contribution in [0.15, 0.2) is 12.3 Å². The van der Waals surface area contributed by atoms with Gasteiger partial charge in [-0.2, -0.15) is 0 Å². The van der Waals surface area contributed by atoms with Crippen LogP contribution >= 0.6 is 11.6 Å². The van der Waals surface area contributed by atoms with Gasteiger partial charge in [0.15, 0.2) is 0 Å². The van der Waals surface area contributed by atoms with Crippen molar-refractivity contribution in [2.24, 2.45) is 0 Å². The van der Waals surface area contributed by atoms with Crippen LogP contribution in [0.5, 0.6) is 0 Å². The van der Waals surface area contributed by atoms with E-state index in [1.165, 1.54) is 25.1 Å². The molecular weight excluding hydrogens is 256 g/mol. The van der Waals surface area contributed by atoms with E-state index in [9.17, 15) is 10.1 Å². The monoisotopic (exact) mass is 270 g/mol. The molecule has 2 rings (SSSR count). The quantitative estimate of drug-likeness (QED) is 0.633. The second-order valence-corrected chi connectivity index (χ2v) is 4.85. The molecule has 0 unspecified atom stereocenters. The summed E-state index contributed by atoms with van der Waals surface area (Å²) in [6.07, 6.45) is 3.90. The van der Waals surface area contributed by atoms with Crippen LogP contribution in [0.3, 0.4) is 0 Å². The summed E-state index contributed by atoms with van der Waals surface area (Å²) in [5.74, 6) is 0.272. The second-order valence-electron chi connectivity index (χ2n) is 4.42. The smallest absolute Gasteiger partial charge is 0.312 e. The highest BCUT2D eigenvalue weighted by Crippen LogP contribution is 2.26. The third kappa shape index (κ3) is 3.30. The number of likely N-dealkylation sites (N-methyl/N-ethyl adjacent to an activating group) is 1. The fourth-order valence-corrected chi connectivity index (χ4v) is 1.90. The molecule has 1 aliphatic rings. The molecule has 0 amide bonds. The van der Waals surface area contributed by atoms with E-state index in [4.69, 9.17) is 11.6 Å². The Morgan fingerprint density at radius 2 is 2.39 bits per heavy atom. The van der Waals surface area contributed by atoms with Gasteiger partial charge in [-0.1, -0.05) is 11.6 Å². The highest BCUT2D eigenvalue weighted by Gasteiger charge is 2.25. The van der Waals surface area contributed by atoms with Crippen molar-refractivity contribution < 1.29 is 4.92 Å². The first kappa shape index (κ1) is 13.0. The molecule has 6 nitrogen and oxygen atoms in total. The molecule has 0 aromatic carbocycles. The van der Waals surface area contributed by atoms with E-state index in [1.54, 1.807) is 0 Å². The lowest BCUT2D eigenvalue weighted by molar-refractivity contribution is -0.384. The van der Waals surface area contributed by atoms with Gasteiger partial charge in [-0.3, -0.25) is 10.1 Å². The van der Waals surface area contributed by atoms with Crippen LogP contribution in [-0.4, -0.2) is 41.0 Å². The minimum atomic E-state index is -0.480. The Balaban J connectivity index is 1.93. The molecule has 1 heterocycles. The summed E-state index contributed by atoms with van der Waals surface area (Å²) >= 11 is 5.69. The highest BCUT2D eigenvalue weighted by atomic mass is 35.5. The highest BCUT2D eigenvalue weighted by molar-refractivity contribution is 6.30. The number of halogens is 1. The average molecular weight is 271 g/mol. The summed E-state index contributed by atoms with van der Waals surface area (Å²) < 4.78 is 0. The van der Waals surface area contributed by atoms with Crippen molar-refractivity contribution in [3.05, 3.63) is 27.4 Å². The SMILES string of the molecule is CN(CCNc1ncc(Cl)cc1[N+](=O)[O-])C1CC1. The number of nitrogens with one attached hydrogen (secondary N) is 1. The van der Waals surface area contributed by atoms with Gasteiger partial charge in [0.25, 0.3) is 0 Å². The van der Waals surface area contributed by atoms with Crippen LogP contribution in [0.4, 0.5) is 11.5 Å². The second kappa shape index (κ2) is 5.49. The van der Waals surface area contributed by atoms with E-state index in [0.717, 1.165) is 6.54 Å². The van der Waals surface area contributed by atoms with E-state index < -0.39 is 4.92 Å². The van der Waals surface area contributed by atoms with Gasteiger partial charge in [-0.15, -0.1) is 0 Å². The number of aromatic nitrogens is 1. The Kier molecular flexibility index (Phi) is 3.98. The first-order valence-corrected chi connectivity index (χ1v) is 6.20. The number of hydrogen-bond acceptors (Lipinski definition) is 5. The van der Waals surface area contributed by atoms with Crippen molar-refractivity contribution in [2.45, 2.75) is 18.9 Å². The third-order valence-corrected chi connectivity index (χ3v) is 3.16. The zero-order valence-corrected chi connectivity index (χ0v) is 10.9. The molecule has 0 aliphatic heterocycles. The summed E-state index contributed by atoms with van der Waals surface area (Å²) in [7, 11) is 2.06. The lowest BCUT2D eigenvalue weighted by Gasteiger charge is -2.15. The maximum absolute atomic E-state index is 10.8. The van der Waals surface area contributed by atoms with Crippen LogP contribution < -0.4 is 5.32 Å². The van der Waals surface area contributed by atoms with Gasteiger partial charge >= 0.3 is 5.69 Å². The molecule has 0 radical (unpaired) electrons. The summed E-state index contributed by atoms with van der Waals surface area (Å²) in [4.78, 5) is 16.6. The van der Waals surface area contributed by atoms with Crippen molar-refractivity contribution in [3.63, 3.8) is 0 Å². The fraction of sp³-hybridized carbons (Fsp3) is 0.545. The molecule has 1 fully saturated rings. The molecule has 1 aromatic rings. The summed E-state index contributed by atoms with van der Waals surface area (Å²) in [5.41, 5.74) is -0.0865. The van der Waals surface area contributed by atoms with Gasteiger partial charge in [0.1, 0.15) is 0 Å². The topological polar surface area (TPSA) is 71.3 Å². The van der Waals surface area contributed by atoms with Crippen molar-refractivity contribution in [1.29, 1.82) is 0 Å². The molecule has 1 aromatic heterocycles. The summed E-state index contributed by atoms with van der Waals surface area (Å²) in [6.45, 7) is 1.47. The predicted octanol–water partition coefficient (Wildman–Crippen LogP) is 2.15. The van der Waals surface area contributed by atoms with Crippen LogP contribution in [0.1, 0.15) is 12.8 Å². The molecule has 7 heteroatoms. The van der Waals surface area contributed by atoms with E-state index in [1.807, 2.05) is 0 Å². The zero-order valence-electron chi connectivity index (χ0n) is 10.1. The minimum absolute atomic E-state index is 0.0865. The summed E-state index contributed by atoms with van der Waals surface area (Å²) in [6, 6.07) is 1.99. The molecule has 1 aliphatic carbocycles. The molecule has 1 saturated carbocycles. The van der Waals surface area contributed by atoms with Gasteiger partial charge in [0.2, 0.25) is 5.82 Å². The maximum Gasteiger partial charge on any atom is 0.312 e. The Morgan fingerprint density at radius 3 is 3.00 bits per heavy atom. The molecule has 0 atom stereocenters. The molecule has 0 saturated heterocycles. The van der Waals surface area contributed by atoms with Crippen LogP contribution in [0, 0.1) is 10.1 Å². The van der Waals surface area contributed by atoms with E-state index in [-0.39, 0.29) is 16.5 Å². The van der Waals surface area contributed by atoms with Gasteiger partial charge in [-0.25, -0.2) is 4.98 Å². The van der Waals surface area contributed by atoms with Crippen molar-refractivity contribution in [1.82, 2.24) is 9.88 Å². The van der Waals surface area contributed by atoms with Gasteiger partial charge in [0, 0.05) is 31.4 Å². The minimum Gasteiger partial charge on any atom is -0.363 e. The Hall–Kier alpha value is -1.40. The van der Waals surface area contributed by atoms with Crippen LogP contribution in [0.25, 0.3) is 0 Å². The molecule has 98 valence electrons. The Morgan fingerprint density at radius 1 is 1.67 bits per heavy atom. The first-order chi connectivity index (χ1) is 8.58. The van der Waals surface area contributed by atoms with E-state index in [2.05, 4.69) is 22.2 Å². The number of nitro groups is 1. The average Bonchev–Trinajstić information content (AvgIpc) is 3.14. The van der Waals surface area contributed by atoms with Gasteiger partial charge in [-0.05, 0) is 19.9 Å². The predicted molar refractivity (Wildman–Crippen MR) is 70.0 cm³/mol. The lowest BCUT2D eigenvalue weighted by atomic mass is 10.4. The Bertz CT molecular complexity index is 451. The van der Waals surface area contributed by atoms with E-state index in [0.29, 0.717) is 12.6 Å². The van der Waals surface area contributed by atoms with Crippen molar-refractivity contribution in [3.8, 4) is 0 Å². The molecule has 18 heavy (non-hydrogen) atoms. The number of rotatable bonds is 6. The fourth-order valence-electron chi connectivity index (χ4n) is 1.75. The van der Waals surface area contributed by atoms with Gasteiger partial charge < -0.3 is 10.2 Å². The summed E-state index contributed by atoms with van der Waals surface area (Å²) in [5, 5.41) is 14.1. The largest absolute Gasteiger partial charge is 0.363 e. The Labute approximate surface area is 110 Å². The number of hydrogen-bond donors (Lipinski definition) is 1. The third-order valence-electron chi connectivity index (χ3n) is 2.96. The molecular formula is C11H15ClN4O2. The normalized spacial score (nSPS) is 14.8. The van der Waals surface area contributed by atoms with Gasteiger partial charge in [0.05, 0.1) is 9.95 Å². The number of anilines is 1. The maximum atomic E-state index is 10.8. The van der Waals surface area contributed by atoms with Crippen LogP contribution in [-0.2, 0) is 0 Å². The van der Waals surface area contributed by atoms with Crippen molar-refractivity contribution in [2.75, 3.05) is 25.5 Å². The molecule has 0 bridgehead atoms.